The van der Waals surface area contributed by atoms with Crippen molar-refractivity contribution in [1.29, 1.82) is 0 Å². The molecule has 0 N–H and O–H groups in total. The van der Waals surface area contributed by atoms with Crippen LogP contribution in [0.5, 0.6) is 0 Å². The monoisotopic (exact) mass is 328 g/mol. The van der Waals surface area contributed by atoms with Crippen molar-refractivity contribution < 1.29 is 9.53 Å². The summed E-state index contributed by atoms with van der Waals surface area (Å²) in [5, 5.41) is 0. The van der Waals surface area contributed by atoms with Gasteiger partial charge in [-0.3, -0.25) is 4.79 Å². The minimum Gasteiger partial charge on any atom is -0.454 e. The van der Waals surface area contributed by atoms with E-state index in [0.717, 1.165) is 25.2 Å². The first-order chi connectivity index (χ1) is 11.5. The molecule has 3 atom stereocenters. The van der Waals surface area contributed by atoms with E-state index >= 15 is 0 Å². The van der Waals surface area contributed by atoms with Gasteiger partial charge in [0.2, 0.25) is 0 Å². The number of rotatable bonds is 4. The van der Waals surface area contributed by atoms with Crippen LogP contribution in [0.1, 0.15) is 77.7 Å². The molecule has 0 heterocycles. The predicted octanol–water partition coefficient (Wildman–Crippen LogP) is 5.85. The summed E-state index contributed by atoms with van der Waals surface area (Å²) in [6.07, 6.45) is 9.36. The molecule has 3 unspecified atom stereocenters. The zero-order valence-electron chi connectivity index (χ0n) is 15.5. The highest BCUT2D eigenvalue weighted by molar-refractivity contribution is 5.76. The van der Waals surface area contributed by atoms with Gasteiger partial charge in [0, 0.05) is 0 Å². The molecule has 1 aromatic rings. The average molecular weight is 328 g/mol. The topological polar surface area (TPSA) is 26.3 Å². The lowest BCUT2D eigenvalue weighted by molar-refractivity contribution is -0.181. The van der Waals surface area contributed by atoms with E-state index in [1.54, 1.807) is 0 Å². The Kier molecular flexibility index (Phi) is 5.03. The normalized spacial score (nSPS) is 30.5. The number of hydrogen-bond donors (Lipinski definition) is 0. The zero-order valence-corrected chi connectivity index (χ0v) is 15.5. The predicted molar refractivity (Wildman–Crippen MR) is 97.6 cm³/mol. The zero-order chi connectivity index (χ0) is 17.2. The van der Waals surface area contributed by atoms with Crippen molar-refractivity contribution in [2.45, 2.75) is 77.7 Å². The third-order valence-electron chi connectivity index (χ3n) is 6.60. The van der Waals surface area contributed by atoms with Gasteiger partial charge in [-0.1, -0.05) is 62.9 Å². The Bertz CT molecular complexity index is 563. The Hall–Kier alpha value is -1.31. The van der Waals surface area contributed by atoms with Crippen LogP contribution >= 0.6 is 0 Å². The first kappa shape index (κ1) is 17.5. The van der Waals surface area contributed by atoms with Gasteiger partial charge in [0.25, 0.3) is 0 Å². The maximum Gasteiger partial charge on any atom is 0.312 e. The van der Waals surface area contributed by atoms with E-state index in [-0.39, 0.29) is 5.97 Å². The van der Waals surface area contributed by atoms with Crippen molar-refractivity contribution in [1.82, 2.24) is 0 Å². The maximum atomic E-state index is 12.9. The minimum absolute atomic E-state index is 0.0388. The average Bonchev–Trinajstić information content (AvgIpc) is 2.62. The fourth-order valence-electron chi connectivity index (χ4n) is 4.49. The fraction of sp³-hybridized carbons (Fsp3) is 0.682. The van der Waals surface area contributed by atoms with E-state index in [9.17, 15) is 4.79 Å². The van der Waals surface area contributed by atoms with E-state index in [2.05, 4.69) is 31.2 Å². The van der Waals surface area contributed by atoms with Crippen molar-refractivity contribution in [3.05, 3.63) is 35.9 Å². The Balaban J connectivity index is 1.89. The van der Waals surface area contributed by atoms with E-state index in [4.69, 9.17) is 4.74 Å². The molecule has 0 saturated heterocycles. The molecule has 2 aliphatic carbocycles. The lowest BCUT2D eigenvalue weighted by atomic mass is 9.64. The SMILES string of the molecule is CCC(C)(C)C(=O)OC1(c2ccccc2)CCC2CCCCC2C1. The van der Waals surface area contributed by atoms with Gasteiger partial charge in [-0.2, -0.15) is 0 Å². The third-order valence-corrected chi connectivity index (χ3v) is 6.60. The van der Waals surface area contributed by atoms with Gasteiger partial charge in [0.1, 0.15) is 5.60 Å². The number of carbonyl (C=O) groups excluding carboxylic acids is 1. The summed E-state index contributed by atoms with van der Waals surface area (Å²) >= 11 is 0. The van der Waals surface area contributed by atoms with E-state index in [1.165, 1.54) is 37.7 Å². The van der Waals surface area contributed by atoms with Crippen molar-refractivity contribution in [3.63, 3.8) is 0 Å². The molecule has 2 heteroatoms. The van der Waals surface area contributed by atoms with Gasteiger partial charge in [0.05, 0.1) is 5.41 Å². The maximum absolute atomic E-state index is 12.9. The minimum atomic E-state index is -0.413. The Labute approximate surface area is 147 Å². The van der Waals surface area contributed by atoms with Crippen molar-refractivity contribution in [2.24, 2.45) is 17.3 Å². The van der Waals surface area contributed by atoms with Crippen LogP contribution < -0.4 is 0 Å². The highest BCUT2D eigenvalue weighted by Gasteiger charge is 2.46. The molecule has 24 heavy (non-hydrogen) atoms. The van der Waals surface area contributed by atoms with Crippen LogP contribution in [-0.4, -0.2) is 5.97 Å². The second-order valence-corrected chi connectivity index (χ2v) is 8.53. The molecule has 2 nitrogen and oxygen atoms in total. The number of hydrogen-bond acceptors (Lipinski definition) is 2. The summed E-state index contributed by atoms with van der Waals surface area (Å²) in [6.45, 7) is 6.06. The van der Waals surface area contributed by atoms with Crippen LogP contribution in [0.15, 0.2) is 30.3 Å². The summed E-state index contributed by atoms with van der Waals surface area (Å²) in [5.41, 5.74) is 0.364. The summed E-state index contributed by atoms with van der Waals surface area (Å²) in [7, 11) is 0. The summed E-state index contributed by atoms with van der Waals surface area (Å²) < 4.78 is 6.33. The Morgan fingerprint density at radius 3 is 2.46 bits per heavy atom. The molecule has 2 saturated carbocycles. The number of benzene rings is 1. The van der Waals surface area contributed by atoms with Gasteiger partial charge in [-0.25, -0.2) is 0 Å². The van der Waals surface area contributed by atoms with Crippen LogP contribution in [0.3, 0.4) is 0 Å². The van der Waals surface area contributed by atoms with Gasteiger partial charge < -0.3 is 4.74 Å². The van der Waals surface area contributed by atoms with Crippen LogP contribution in [-0.2, 0) is 15.1 Å². The lowest BCUT2D eigenvalue weighted by Crippen LogP contribution is -2.44. The molecule has 3 rings (SSSR count). The summed E-state index contributed by atoms with van der Waals surface area (Å²) in [6, 6.07) is 10.5. The molecule has 2 fully saturated rings. The van der Waals surface area contributed by atoms with Crippen molar-refractivity contribution >= 4 is 5.97 Å². The van der Waals surface area contributed by atoms with Crippen LogP contribution in [0.25, 0.3) is 0 Å². The number of esters is 1. The molecule has 0 spiro atoms. The number of fused-ring (bicyclic) bond motifs is 1. The highest BCUT2D eigenvalue weighted by atomic mass is 16.6. The van der Waals surface area contributed by atoms with Gasteiger partial charge in [0.15, 0.2) is 0 Å². The van der Waals surface area contributed by atoms with Crippen LogP contribution in [0, 0.1) is 17.3 Å². The highest BCUT2D eigenvalue weighted by Crippen LogP contribution is 2.50. The largest absolute Gasteiger partial charge is 0.454 e. The van der Waals surface area contributed by atoms with E-state index in [1.807, 2.05) is 19.9 Å². The molecule has 0 amide bonds. The molecule has 2 aliphatic rings. The number of ether oxygens (including phenoxy) is 1. The lowest BCUT2D eigenvalue weighted by Gasteiger charge is -2.47. The van der Waals surface area contributed by atoms with Gasteiger partial charge in [-0.15, -0.1) is 0 Å². The summed E-state index contributed by atoms with van der Waals surface area (Å²) in [5.74, 6) is 1.52. The second kappa shape index (κ2) is 6.90. The number of carbonyl (C=O) groups is 1. The third kappa shape index (κ3) is 3.38. The molecule has 0 aliphatic heterocycles. The van der Waals surface area contributed by atoms with Gasteiger partial charge >= 0.3 is 5.97 Å². The molecule has 0 bridgehead atoms. The fourth-order valence-corrected chi connectivity index (χ4v) is 4.49. The summed E-state index contributed by atoms with van der Waals surface area (Å²) in [4.78, 5) is 12.9. The van der Waals surface area contributed by atoms with Crippen LogP contribution in [0.4, 0.5) is 0 Å². The van der Waals surface area contributed by atoms with Crippen LogP contribution in [0.2, 0.25) is 0 Å². The van der Waals surface area contributed by atoms with E-state index < -0.39 is 11.0 Å². The molecule has 1 aromatic carbocycles. The quantitative estimate of drug-likeness (QED) is 0.648. The molecular formula is C22H32O2. The van der Waals surface area contributed by atoms with Gasteiger partial charge in [-0.05, 0) is 56.9 Å². The second-order valence-electron chi connectivity index (χ2n) is 8.53. The van der Waals surface area contributed by atoms with Crippen molar-refractivity contribution in [3.8, 4) is 0 Å². The smallest absolute Gasteiger partial charge is 0.312 e. The molecular weight excluding hydrogens is 296 g/mol. The first-order valence-electron chi connectivity index (χ1n) is 9.76. The van der Waals surface area contributed by atoms with Crippen molar-refractivity contribution in [2.75, 3.05) is 0 Å². The van der Waals surface area contributed by atoms with E-state index in [0.29, 0.717) is 5.92 Å². The Morgan fingerprint density at radius 2 is 1.79 bits per heavy atom. The molecule has 0 aromatic heterocycles. The molecule has 132 valence electrons. The standard InChI is InChI=1S/C22H32O2/c1-4-21(2,3)20(23)24-22(19-12-6-5-7-13-19)15-14-17-10-8-9-11-18(17)16-22/h5-7,12-13,17-18H,4,8-11,14-16H2,1-3H3. The molecule has 0 radical (unpaired) electrons. The first-order valence-corrected chi connectivity index (χ1v) is 9.76. The Morgan fingerprint density at radius 1 is 1.12 bits per heavy atom.